The van der Waals surface area contributed by atoms with Gasteiger partial charge in [0.1, 0.15) is 4.88 Å². The van der Waals surface area contributed by atoms with Crippen LogP contribution in [0.25, 0.3) is 0 Å². The van der Waals surface area contributed by atoms with E-state index in [-0.39, 0.29) is 5.91 Å². The summed E-state index contributed by atoms with van der Waals surface area (Å²) in [6.45, 7) is 0.882. The van der Waals surface area contributed by atoms with Crippen molar-refractivity contribution in [2.45, 2.75) is 31.7 Å². The number of carbonyl (C=O) groups excluding carboxylic acids is 1. The molecule has 1 aromatic heterocycles. The first-order chi connectivity index (χ1) is 7.83. The fourth-order valence-electron chi connectivity index (χ4n) is 2.07. The van der Waals surface area contributed by atoms with Crippen LogP contribution in [0, 0.1) is 0 Å². The van der Waals surface area contributed by atoms with Crippen LogP contribution in [0.1, 0.15) is 35.4 Å². The first-order valence-corrected chi connectivity index (χ1v) is 7.58. The summed E-state index contributed by atoms with van der Waals surface area (Å²) >= 11 is 4.94. The Morgan fingerprint density at radius 3 is 3.12 bits per heavy atom. The van der Waals surface area contributed by atoms with E-state index in [0.29, 0.717) is 6.04 Å². The van der Waals surface area contributed by atoms with E-state index >= 15 is 0 Å². The molecule has 1 saturated heterocycles. The summed E-state index contributed by atoms with van der Waals surface area (Å²) in [6, 6.07) is 0.345. The Bertz CT molecular complexity index is 342. The van der Waals surface area contributed by atoms with Gasteiger partial charge in [-0.05, 0) is 12.8 Å². The summed E-state index contributed by atoms with van der Waals surface area (Å²) in [7, 11) is 0. The fraction of sp³-hybridized carbons (Fsp3) is 0.636. The molecule has 0 bridgehead atoms. The largest absolute Gasteiger partial charge is 0.334 e. The van der Waals surface area contributed by atoms with Gasteiger partial charge in [0.25, 0.3) is 5.91 Å². The monoisotopic (exact) mass is 302 g/mol. The Hall–Kier alpha value is -0.420. The topological polar surface area (TPSA) is 33.2 Å². The summed E-state index contributed by atoms with van der Waals surface area (Å²) in [5.74, 6) is 0.147. The van der Waals surface area contributed by atoms with Gasteiger partial charge < -0.3 is 4.90 Å². The lowest BCUT2D eigenvalue weighted by atomic mass is 10.1. The molecule has 1 aliphatic rings. The molecule has 0 aliphatic carbocycles. The van der Waals surface area contributed by atoms with Crippen LogP contribution in [0.15, 0.2) is 11.7 Å². The molecule has 88 valence electrons. The SMILES string of the molecule is O=C(c1cncs1)N1CCCCCC1CBr. The molecular formula is C11H15BrN2OS. The first kappa shape index (κ1) is 12.0. The number of carbonyl (C=O) groups is 1. The van der Waals surface area contributed by atoms with Gasteiger partial charge in [-0.3, -0.25) is 9.78 Å². The van der Waals surface area contributed by atoms with Crippen molar-refractivity contribution in [1.29, 1.82) is 0 Å². The lowest BCUT2D eigenvalue weighted by Crippen LogP contribution is -2.40. The van der Waals surface area contributed by atoms with Gasteiger partial charge in [0.05, 0.1) is 11.7 Å². The number of rotatable bonds is 2. The van der Waals surface area contributed by atoms with Crippen LogP contribution in [0.3, 0.4) is 0 Å². The van der Waals surface area contributed by atoms with Crippen molar-refractivity contribution in [3.63, 3.8) is 0 Å². The normalized spacial score (nSPS) is 21.8. The summed E-state index contributed by atoms with van der Waals surface area (Å²) in [4.78, 5) is 19.0. The Balaban J connectivity index is 2.13. The highest BCUT2D eigenvalue weighted by molar-refractivity contribution is 9.09. The number of thiazole rings is 1. The number of amides is 1. The minimum Gasteiger partial charge on any atom is -0.334 e. The van der Waals surface area contributed by atoms with E-state index in [1.54, 1.807) is 11.7 Å². The third-order valence-corrected chi connectivity index (χ3v) is 4.47. The third kappa shape index (κ3) is 2.63. The van der Waals surface area contributed by atoms with E-state index in [1.807, 2.05) is 4.90 Å². The second-order valence-corrected chi connectivity index (χ2v) is 5.56. The average Bonchev–Trinajstić information content (AvgIpc) is 2.73. The van der Waals surface area contributed by atoms with Crippen molar-refractivity contribution in [3.8, 4) is 0 Å². The minimum absolute atomic E-state index is 0.147. The lowest BCUT2D eigenvalue weighted by Gasteiger charge is -2.28. The van der Waals surface area contributed by atoms with Gasteiger partial charge in [0.2, 0.25) is 0 Å². The quantitative estimate of drug-likeness (QED) is 0.787. The molecule has 1 fully saturated rings. The predicted molar refractivity (Wildman–Crippen MR) is 69.2 cm³/mol. The third-order valence-electron chi connectivity index (χ3n) is 2.96. The van der Waals surface area contributed by atoms with E-state index in [0.717, 1.165) is 29.6 Å². The van der Waals surface area contributed by atoms with Crippen molar-refractivity contribution in [2.24, 2.45) is 0 Å². The second-order valence-electron chi connectivity index (χ2n) is 4.02. The molecule has 5 heteroatoms. The van der Waals surface area contributed by atoms with Gasteiger partial charge in [0, 0.05) is 17.9 Å². The van der Waals surface area contributed by atoms with Crippen LogP contribution in [-0.4, -0.2) is 33.7 Å². The molecule has 1 aliphatic heterocycles. The highest BCUT2D eigenvalue weighted by Crippen LogP contribution is 2.21. The molecule has 1 unspecified atom stereocenters. The Morgan fingerprint density at radius 2 is 2.44 bits per heavy atom. The summed E-state index contributed by atoms with van der Waals surface area (Å²) < 4.78 is 0. The Labute approximate surface area is 108 Å². The van der Waals surface area contributed by atoms with E-state index in [2.05, 4.69) is 20.9 Å². The van der Waals surface area contributed by atoms with Crippen molar-refractivity contribution < 1.29 is 4.79 Å². The Kier molecular flexibility index (Phi) is 4.35. The average molecular weight is 303 g/mol. The molecule has 0 N–H and O–H groups in total. The maximum absolute atomic E-state index is 12.3. The van der Waals surface area contributed by atoms with Crippen molar-refractivity contribution in [3.05, 3.63) is 16.6 Å². The van der Waals surface area contributed by atoms with E-state index in [1.165, 1.54) is 24.2 Å². The van der Waals surface area contributed by atoms with Crippen LogP contribution < -0.4 is 0 Å². The summed E-state index contributed by atoms with van der Waals surface area (Å²) in [6.07, 6.45) is 6.35. The smallest absolute Gasteiger partial charge is 0.265 e. The second kappa shape index (κ2) is 5.77. The molecule has 3 nitrogen and oxygen atoms in total. The van der Waals surface area contributed by atoms with Crippen LogP contribution in [0.2, 0.25) is 0 Å². The van der Waals surface area contributed by atoms with Crippen LogP contribution in [0.5, 0.6) is 0 Å². The molecule has 1 atom stereocenters. The molecule has 0 spiro atoms. The highest BCUT2D eigenvalue weighted by atomic mass is 79.9. The molecular weight excluding hydrogens is 288 g/mol. The summed E-state index contributed by atoms with van der Waals surface area (Å²) in [5, 5.41) is 0.873. The predicted octanol–water partition coefficient (Wildman–Crippen LogP) is 2.92. The van der Waals surface area contributed by atoms with Gasteiger partial charge >= 0.3 is 0 Å². The lowest BCUT2D eigenvalue weighted by molar-refractivity contribution is 0.0707. The molecule has 1 amide bonds. The molecule has 1 aromatic rings. The van der Waals surface area contributed by atoms with Gasteiger partial charge in [-0.1, -0.05) is 28.8 Å². The fourth-order valence-corrected chi connectivity index (χ4v) is 3.32. The zero-order valence-corrected chi connectivity index (χ0v) is 11.5. The zero-order chi connectivity index (χ0) is 11.4. The molecule has 0 radical (unpaired) electrons. The van der Waals surface area contributed by atoms with Gasteiger partial charge in [-0.25, -0.2) is 0 Å². The number of likely N-dealkylation sites (tertiary alicyclic amines) is 1. The molecule has 0 saturated carbocycles. The molecule has 16 heavy (non-hydrogen) atoms. The number of halogens is 1. The maximum Gasteiger partial charge on any atom is 0.265 e. The first-order valence-electron chi connectivity index (χ1n) is 5.58. The Morgan fingerprint density at radius 1 is 1.56 bits per heavy atom. The molecule has 0 aromatic carbocycles. The number of aromatic nitrogens is 1. The number of hydrogen-bond acceptors (Lipinski definition) is 3. The number of hydrogen-bond donors (Lipinski definition) is 0. The molecule has 2 heterocycles. The van der Waals surface area contributed by atoms with Crippen LogP contribution in [0.4, 0.5) is 0 Å². The number of alkyl halides is 1. The van der Waals surface area contributed by atoms with Crippen LogP contribution >= 0.6 is 27.3 Å². The van der Waals surface area contributed by atoms with Gasteiger partial charge in [-0.2, -0.15) is 0 Å². The van der Waals surface area contributed by atoms with Crippen LogP contribution in [-0.2, 0) is 0 Å². The maximum atomic E-state index is 12.3. The summed E-state index contributed by atoms with van der Waals surface area (Å²) in [5.41, 5.74) is 1.72. The van der Waals surface area contributed by atoms with Gasteiger partial charge in [-0.15, -0.1) is 11.3 Å². The minimum atomic E-state index is 0.147. The zero-order valence-electron chi connectivity index (χ0n) is 9.06. The highest BCUT2D eigenvalue weighted by Gasteiger charge is 2.26. The van der Waals surface area contributed by atoms with Gasteiger partial charge in [0.15, 0.2) is 0 Å². The van der Waals surface area contributed by atoms with Crippen molar-refractivity contribution >= 4 is 33.2 Å². The van der Waals surface area contributed by atoms with E-state index in [9.17, 15) is 4.79 Å². The number of nitrogens with zero attached hydrogens (tertiary/aromatic N) is 2. The molecule has 2 rings (SSSR count). The van der Waals surface area contributed by atoms with E-state index < -0.39 is 0 Å². The van der Waals surface area contributed by atoms with E-state index in [4.69, 9.17) is 0 Å². The van der Waals surface area contributed by atoms with Crippen molar-refractivity contribution in [1.82, 2.24) is 9.88 Å². The van der Waals surface area contributed by atoms with Crippen molar-refractivity contribution in [2.75, 3.05) is 11.9 Å². The standard InChI is InChI=1S/C11H15BrN2OS/c12-6-9-4-2-1-3-5-14(9)11(15)10-7-13-8-16-10/h7-9H,1-6H2.